The van der Waals surface area contributed by atoms with Gasteiger partial charge in [-0.3, -0.25) is 9.78 Å². The molecule has 2 N–H and O–H groups in total. The van der Waals surface area contributed by atoms with Crippen molar-refractivity contribution in [3.63, 3.8) is 0 Å². The van der Waals surface area contributed by atoms with Gasteiger partial charge in [-0.05, 0) is 24.8 Å². The van der Waals surface area contributed by atoms with Gasteiger partial charge < -0.3 is 10.4 Å². The monoisotopic (exact) mass is 266 g/mol. The predicted octanol–water partition coefficient (Wildman–Crippen LogP) is 1.89. The molecule has 0 bridgehead atoms. The van der Waals surface area contributed by atoms with Gasteiger partial charge in [-0.15, -0.1) is 0 Å². The van der Waals surface area contributed by atoms with Crippen molar-refractivity contribution in [1.29, 1.82) is 0 Å². The Morgan fingerprint density at radius 2 is 2.47 bits per heavy atom. The summed E-state index contributed by atoms with van der Waals surface area (Å²) < 4.78 is 13.4. The lowest BCUT2D eigenvalue weighted by atomic mass is 9.79. The van der Waals surface area contributed by atoms with Crippen LogP contribution in [0.15, 0.2) is 18.5 Å². The zero-order chi connectivity index (χ0) is 13.9. The fourth-order valence-corrected chi connectivity index (χ4v) is 2.69. The highest BCUT2D eigenvalue weighted by molar-refractivity contribution is 5.94. The molecule has 1 saturated carbocycles. The third-order valence-electron chi connectivity index (χ3n) is 3.66. The van der Waals surface area contributed by atoms with E-state index < -0.39 is 17.3 Å². The number of halogens is 1. The molecule has 2 rings (SSSR count). The minimum Gasteiger partial charge on any atom is -0.388 e. The van der Waals surface area contributed by atoms with Crippen LogP contribution in [0, 0.1) is 11.7 Å². The lowest BCUT2D eigenvalue weighted by Crippen LogP contribution is -2.45. The van der Waals surface area contributed by atoms with Gasteiger partial charge in [0.2, 0.25) is 0 Å². The Labute approximate surface area is 112 Å². The van der Waals surface area contributed by atoms with Crippen LogP contribution in [0.3, 0.4) is 0 Å². The number of nitrogens with zero attached hydrogens (tertiary/aromatic N) is 1. The summed E-state index contributed by atoms with van der Waals surface area (Å²) in [6.07, 6.45) is 5.79. The average molecular weight is 266 g/mol. The number of amides is 1. The van der Waals surface area contributed by atoms with Crippen molar-refractivity contribution >= 4 is 5.91 Å². The quantitative estimate of drug-likeness (QED) is 0.878. The second-order valence-electron chi connectivity index (χ2n) is 5.46. The lowest BCUT2D eigenvalue weighted by molar-refractivity contribution is -0.0109. The Morgan fingerprint density at radius 3 is 3.16 bits per heavy atom. The van der Waals surface area contributed by atoms with Crippen molar-refractivity contribution in [1.82, 2.24) is 10.3 Å². The van der Waals surface area contributed by atoms with Crippen LogP contribution in [0.1, 0.15) is 43.0 Å². The summed E-state index contributed by atoms with van der Waals surface area (Å²) in [6.45, 7) is 2.26. The zero-order valence-corrected chi connectivity index (χ0v) is 11.0. The molecule has 1 aromatic rings. The standard InChI is InChI=1S/C14H19FN2O2/c1-10-3-2-5-14(19,7-10)9-17-13(18)11-4-6-16-8-12(11)15/h4,6,8,10,19H,2-3,5,7,9H2,1H3,(H,17,18). The first-order valence-corrected chi connectivity index (χ1v) is 6.60. The Balaban J connectivity index is 1.95. The van der Waals surface area contributed by atoms with Crippen LogP contribution < -0.4 is 5.32 Å². The molecule has 1 fully saturated rings. The molecule has 1 amide bonds. The third-order valence-corrected chi connectivity index (χ3v) is 3.66. The van der Waals surface area contributed by atoms with Crippen LogP contribution in [-0.2, 0) is 0 Å². The smallest absolute Gasteiger partial charge is 0.254 e. The van der Waals surface area contributed by atoms with Crippen molar-refractivity contribution in [3.05, 3.63) is 29.8 Å². The van der Waals surface area contributed by atoms with Gasteiger partial charge in [-0.25, -0.2) is 4.39 Å². The van der Waals surface area contributed by atoms with Crippen molar-refractivity contribution in [2.24, 2.45) is 5.92 Å². The Bertz CT molecular complexity index is 467. The first kappa shape index (κ1) is 13.9. The van der Waals surface area contributed by atoms with E-state index in [9.17, 15) is 14.3 Å². The molecule has 0 aliphatic heterocycles. The van der Waals surface area contributed by atoms with E-state index in [1.165, 1.54) is 12.3 Å². The zero-order valence-electron chi connectivity index (χ0n) is 11.0. The summed E-state index contributed by atoms with van der Waals surface area (Å²) in [7, 11) is 0. The molecular formula is C14H19FN2O2. The van der Waals surface area contributed by atoms with Crippen molar-refractivity contribution in [2.45, 2.75) is 38.2 Å². The van der Waals surface area contributed by atoms with Gasteiger partial charge in [-0.1, -0.05) is 19.8 Å². The summed E-state index contributed by atoms with van der Waals surface area (Å²) >= 11 is 0. The normalized spacial score (nSPS) is 27.0. The number of pyridine rings is 1. The molecule has 0 radical (unpaired) electrons. The van der Waals surface area contributed by atoms with Gasteiger partial charge in [0, 0.05) is 12.7 Å². The summed E-state index contributed by atoms with van der Waals surface area (Å²) in [5, 5.41) is 13.0. The van der Waals surface area contributed by atoms with E-state index in [0.717, 1.165) is 19.0 Å². The number of carbonyl (C=O) groups is 1. The number of hydrogen-bond acceptors (Lipinski definition) is 3. The minimum atomic E-state index is -0.864. The highest BCUT2D eigenvalue weighted by atomic mass is 19.1. The SMILES string of the molecule is CC1CCCC(O)(CNC(=O)c2ccncc2F)C1. The molecule has 19 heavy (non-hydrogen) atoms. The number of carbonyl (C=O) groups excluding carboxylic acids is 1. The molecule has 1 aliphatic rings. The molecular weight excluding hydrogens is 247 g/mol. The molecule has 1 heterocycles. The average Bonchev–Trinajstić information content (AvgIpc) is 2.36. The fourth-order valence-electron chi connectivity index (χ4n) is 2.69. The number of rotatable bonds is 3. The van der Waals surface area contributed by atoms with E-state index in [1.54, 1.807) is 0 Å². The maximum atomic E-state index is 13.4. The first-order chi connectivity index (χ1) is 9.00. The summed E-state index contributed by atoms with van der Waals surface area (Å²) in [6, 6.07) is 1.33. The molecule has 1 aliphatic carbocycles. The topological polar surface area (TPSA) is 62.2 Å². The van der Waals surface area contributed by atoms with Gasteiger partial charge >= 0.3 is 0 Å². The van der Waals surface area contributed by atoms with Gasteiger partial charge in [0.05, 0.1) is 17.4 Å². The predicted molar refractivity (Wildman–Crippen MR) is 69.1 cm³/mol. The van der Waals surface area contributed by atoms with Crippen LogP contribution in [-0.4, -0.2) is 28.1 Å². The van der Waals surface area contributed by atoms with Gasteiger partial charge in [0.15, 0.2) is 5.82 Å². The van der Waals surface area contributed by atoms with E-state index >= 15 is 0 Å². The number of aromatic nitrogens is 1. The van der Waals surface area contributed by atoms with E-state index in [0.29, 0.717) is 18.8 Å². The van der Waals surface area contributed by atoms with Gasteiger partial charge in [0.1, 0.15) is 0 Å². The molecule has 2 atom stereocenters. The van der Waals surface area contributed by atoms with E-state index in [1.807, 2.05) is 0 Å². The molecule has 0 spiro atoms. The van der Waals surface area contributed by atoms with E-state index in [4.69, 9.17) is 0 Å². The molecule has 104 valence electrons. The van der Waals surface area contributed by atoms with E-state index in [-0.39, 0.29) is 12.1 Å². The molecule has 0 aromatic carbocycles. The minimum absolute atomic E-state index is 0.0394. The number of hydrogen-bond donors (Lipinski definition) is 2. The lowest BCUT2D eigenvalue weighted by Gasteiger charge is -2.35. The largest absolute Gasteiger partial charge is 0.388 e. The summed E-state index contributed by atoms with van der Waals surface area (Å²) in [5.41, 5.74) is -0.904. The van der Waals surface area contributed by atoms with Crippen LogP contribution >= 0.6 is 0 Å². The summed E-state index contributed by atoms with van der Waals surface area (Å²) in [4.78, 5) is 15.4. The van der Waals surface area contributed by atoms with Crippen molar-refractivity contribution in [2.75, 3.05) is 6.54 Å². The molecule has 1 aromatic heterocycles. The molecule has 4 nitrogen and oxygen atoms in total. The Morgan fingerprint density at radius 1 is 1.68 bits per heavy atom. The van der Waals surface area contributed by atoms with Gasteiger partial charge in [-0.2, -0.15) is 0 Å². The molecule has 2 unspecified atom stereocenters. The Hall–Kier alpha value is -1.49. The highest BCUT2D eigenvalue weighted by Gasteiger charge is 2.33. The van der Waals surface area contributed by atoms with Crippen LogP contribution in [0.5, 0.6) is 0 Å². The van der Waals surface area contributed by atoms with Crippen LogP contribution in [0.2, 0.25) is 0 Å². The van der Waals surface area contributed by atoms with E-state index in [2.05, 4.69) is 17.2 Å². The summed E-state index contributed by atoms with van der Waals surface area (Å²) in [5.74, 6) is -0.705. The first-order valence-electron chi connectivity index (χ1n) is 6.60. The third kappa shape index (κ3) is 3.50. The maximum absolute atomic E-state index is 13.4. The van der Waals surface area contributed by atoms with Crippen molar-refractivity contribution < 1.29 is 14.3 Å². The fraction of sp³-hybridized carbons (Fsp3) is 0.571. The van der Waals surface area contributed by atoms with Crippen LogP contribution in [0.4, 0.5) is 4.39 Å². The highest BCUT2D eigenvalue weighted by Crippen LogP contribution is 2.31. The molecule has 5 heteroatoms. The second kappa shape index (κ2) is 5.65. The number of nitrogens with one attached hydrogen (secondary N) is 1. The van der Waals surface area contributed by atoms with Gasteiger partial charge in [0.25, 0.3) is 5.91 Å². The maximum Gasteiger partial charge on any atom is 0.254 e. The Kier molecular flexibility index (Phi) is 4.14. The second-order valence-corrected chi connectivity index (χ2v) is 5.46. The molecule has 0 saturated heterocycles. The van der Waals surface area contributed by atoms with Crippen molar-refractivity contribution in [3.8, 4) is 0 Å². The van der Waals surface area contributed by atoms with Crippen LogP contribution in [0.25, 0.3) is 0 Å². The number of aliphatic hydroxyl groups is 1.